The standard InChI is InChI=1S/C26H25N3O3/c1-4-14-32-26(31)20-6-5-7-21(15-20)27-25(30)24-23(19-11-8-17(2)9-12-19)28-22-13-10-18(3)16-29(22)24/h5-13,15-16H,4,14H2,1-3H3,(H,27,30). The van der Waals surface area contributed by atoms with Gasteiger partial charge in [-0.2, -0.15) is 0 Å². The zero-order valence-electron chi connectivity index (χ0n) is 18.4. The summed E-state index contributed by atoms with van der Waals surface area (Å²) in [6.45, 7) is 6.28. The largest absolute Gasteiger partial charge is 0.462 e. The SMILES string of the molecule is CCCOC(=O)c1cccc(NC(=O)c2c(-c3ccc(C)cc3)nc3ccc(C)cn23)c1. The number of carbonyl (C=O) groups is 2. The molecule has 162 valence electrons. The van der Waals surface area contributed by atoms with E-state index in [1.165, 1.54) is 0 Å². The minimum atomic E-state index is -0.409. The Balaban J connectivity index is 1.72. The Hall–Kier alpha value is -3.93. The van der Waals surface area contributed by atoms with Crippen LogP contribution in [0.1, 0.15) is 45.3 Å². The predicted octanol–water partition coefficient (Wildman–Crippen LogP) is 5.44. The lowest BCUT2D eigenvalue weighted by Crippen LogP contribution is -2.16. The van der Waals surface area contributed by atoms with Gasteiger partial charge in [0.2, 0.25) is 0 Å². The van der Waals surface area contributed by atoms with Crippen molar-refractivity contribution >= 4 is 23.2 Å². The number of benzene rings is 2. The van der Waals surface area contributed by atoms with E-state index >= 15 is 0 Å². The van der Waals surface area contributed by atoms with Gasteiger partial charge in [-0.3, -0.25) is 9.20 Å². The summed E-state index contributed by atoms with van der Waals surface area (Å²) >= 11 is 0. The van der Waals surface area contributed by atoms with Gasteiger partial charge in [-0.25, -0.2) is 9.78 Å². The van der Waals surface area contributed by atoms with Gasteiger partial charge in [-0.15, -0.1) is 0 Å². The van der Waals surface area contributed by atoms with E-state index in [0.29, 0.717) is 34.9 Å². The number of carbonyl (C=O) groups excluding carboxylic acids is 2. The number of aryl methyl sites for hydroxylation is 2. The van der Waals surface area contributed by atoms with E-state index in [4.69, 9.17) is 9.72 Å². The van der Waals surface area contributed by atoms with Crippen LogP contribution < -0.4 is 5.32 Å². The van der Waals surface area contributed by atoms with Crippen LogP contribution in [0.3, 0.4) is 0 Å². The molecule has 0 aliphatic carbocycles. The number of fused-ring (bicyclic) bond motifs is 1. The molecule has 6 heteroatoms. The molecule has 2 aromatic carbocycles. The molecule has 0 saturated heterocycles. The van der Waals surface area contributed by atoms with Crippen LogP contribution in [0.2, 0.25) is 0 Å². The Morgan fingerprint density at radius 3 is 2.50 bits per heavy atom. The molecule has 1 N–H and O–H groups in total. The molecule has 0 atom stereocenters. The highest BCUT2D eigenvalue weighted by atomic mass is 16.5. The van der Waals surface area contributed by atoms with E-state index < -0.39 is 5.97 Å². The van der Waals surface area contributed by atoms with Gasteiger partial charge < -0.3 is 10.1 Å². The minimum absolute atomic E-state index is 0.308. The first-order chi connectivity index (χ1) is 15.5. The predicted molar refractivity (Wildman–Crippen MR) is 125 cm³/mol. The number of nitrogens with one attached hydrogen (secondary N) is 1. The average Bonchev–Trinajstić information content (AvgIpc) is 3.16. The van der Waals surface area contributed by atoms with E-state index in [-0.39, 0.29) is 5.91 Å². The van der Waals surface area contributed by atoms with Crippen LogP contribution in [0.25, 0.3) is 16.9 Å². The summed E-state index contributed by atoms with van der Waals surface area (Å²) in [6, 6.07) is 18.5. The summed E-state index contributed by atoms with van der Waals surface area (Å²) in [5.74, 6) is -0.716. The molecule has 0 saturated carbocycles. The molecule has 32 heavy (non-hydrogen) atoms. The zero-order valence-corrected chi connectivity index (χ0v) is 18.4. The third-order valence-corrected chi connectivity index (χ3v) is 5.10. The minimum Gasteiger partial charge on any atom is -0.462 e. The molecular weight excluding hydrogens is 402 g/mol. The van der Waals surface area contributed by atoms with Crippen LogP contribution in [-0.2, 0) is 4.74 Å². The number of aromatic nitrogens is 2. The molecule has 1 amide bonds. The zero-order chi connectivity index (χ0) is 22.7. The fourth-order valence-corrected chi connectivity index (χ4v) is 3.47. The number of hydrogen-bond donors (Lipinski definition) is 1. The number of amides is 1. The molecule has 0 aliphatic heterocycles. The first kappa shape index (κ1) is 21.3. The lowest BCUT2D eigenvalue weighted by atomic mass is 10.1. The van der Waals surface area contributed by atoms with Crippen molar-refractivity contribution in [1.29, 1.82) is 0 Å². The topological polar surface area (TPSA) is 72.7 Å². The van der Waals surface area contributed by atoms with Crippen LogP contribution in [0.15, 0.2) is 66.9 Å². The fraction of sp³-hybridized carbons (Fsp3) is 0.192. The Morgan fingerprint density at radius 2 is 1.75 bits per heavy atom. The summed E-state index contributed by atoms with van der Waals surface area (Å²) in [5, 5.41) is 2.92. The summed E-state index contributed by atoms with van der Waals surface area (Å²) in [5.41, 5.74) is 5.64. The van der Waals surface area contributed by atoms with Crippen molar-refractivity contribution in [3.05, 3.63) is 89.2 Å². The second-order valence-corrected chi connectivity index (χ2v) is 7.78. The number of nitrogens with zero attached hydrogens (tertiary/aromatic N) is 2. The number of rotatable bonds is 6. The Kier molecular flexibility index (Phi) is 6.03. The average molecular weight is 428 g/mol. The monoisotopic (exact) mass is 427 g/mol. The maximum atomic E-state index is 13.4. The highest BCUT2D eigenvalue weighted by molar-refractivity contribution is 6.08. The molecule has 0 aliphatic rings. The van der Waals surface area contributed by atoms with Crippen LogP contribution >= 0.6 is 0 Å². The highest BCUT2D eigenvalue weighted by Gasteiger charge is 2.21. The van der Waals surface area contributed by atoms with Gasteiger partial charge in [0.25, 0.3) is 5.91 Å². The number of anilines is 1. The summed E-state index contributed by atoms with van der Waals surface area (Å²) < 4.78 is 7.01. The lowest BCUT2D eigenvalue weighted by Gasteiger charge is -2.09. The van der Waals surface area contributed by atoms with Crippen molar-refractivity contribution in [2.24, 2.45) is 0 Å². The van der Waals surface area contributed by atoms with E-state index in [9.17, 15) is 9.59 Å². The molecule has 0 bridgehead atoms. The summed E-state index contributed by atoms with van der Waals surface area (Å²) in [6.07, 6.45) is 2.64. The first-order valence-corrected chi connectivity index (χ1v) is 10.6. The Labute approximate surface area is 186 Å². The smallest absolute Gasteiger partial charge is 0.338 e. The summed E-state index contributed by atoms with van der Waals surface area (Å²) in [7, 11) is 0. The van der Waals surface area contributed by atoms with Gasteiger partial charge >= 0.3 is 5.97 Å². The number of ether oxygens (including phenoxy) is 1. The van der Waals surface area contributed by atoms with Crippen LogP contribution in [0.5, 0.6) is 0 Å². The number of esters is 1. The van der Waals surface area contributed by atoms with E-state index in [1.54, 1.807) is 28.7 Å². The number of hydrogen-bond acceptors (Lipinski definition) is 4. The molecular formula is C26H25N3O3. The van der Waals surface area contributed by atoms with Crippen molar-refractivity contribution in [2.45, 2.75) is 27.2 Å². The molecule has 0 unspecified atom stereocenters. The molecule has 4 rings (SSSR count). The number of imidazole rings is 1. The van der Waals surface area contributed by atoms with Gasteiger partial charge in [0.1, 0.15) is 17.0 Å². The maximum absolute atomic E-state index is 13.4. The van der Waals surface area contributed by atoms with Crippen molar-refractivity contribution in [3.63, 3.8) is 0 Å². The second-order valence-electron chi connectivity index (χ2n) is 7.78. The van der Waals surface area contributed by atoms with Gasteiger partial charge in [-0.1, -0.05) is 48.9 Å². The lowest BCUT2D eigenvalue weighted by molar-refractivity contribution is 0.0505. The third-order valence-electron chi connectivity index (χ3n) is 5.10. The van der Waals surface area contributed by atoms with Crippen LogP contribution in [0, 0.1) is 13.8 Å². The van der Waals surface area contributed by atoms with Gasteiger partial charge in [0.15, 0.2) is 0 Å². The molecule has 0 fully saturated rings. The fourth-order valence-electron chi connectivity index (χ4n) is 3.47. The normalized spacial score (nSPS) is 10.8. The molecule has 0 spiro atoms. The first-order valence-electron chi connectivity index (χ1n) is 10.6. The molecule has 2 heterocycles. The van der Waals surface area contributed by atoms with E-state index in [0.717, 1.165) is 23.1 Å². The van der Waals surface area contributed by atoms with Crippen LogP contribution in [0.4, 0.5) is 5.69 Å². The quantitative estimate of drug-likeness (QED) is 0.416. The molecule has 6 nitrogen and oxygen atoms in total. The highest BCUT2D eigenvalue weighted by Crippen LogP contribution is 2.26. The van der Waals surface area contributed by atoms with Crippen molar-refractivity contribution < 1.29 is 14.3 Å². The van der Waals surface area contributed by atoms with E-state index in [2.05, 4.69) is 5.32 Å². The van der Waals surface area contributed by atoms with E-state index in [1.807, 2.05) is 63.4 Å². The molecule has 2 aromatic heterocycles. The van der Waals surface area contributed by atoms with Gasteiger partial charge in [0.05, 0.1) is 12.2 Å². The second kappa shape index (κ2) is 9.06. The van der Waals surface area contributed by atoms with Crippen molar-refractivity contribution in [2.75, 3.05) is 11.9 Å². The van der Waals surface area contributed by atoms with Crippen molar-refractivity contribution in [1.82, 2.24) is 9.38 Å². The molecule has 4 aromatic rings. The Bertz CT molecular complexity index is 1290. The van der Waals surface area contributed by atoms with Crippen molar-refractivity contribution in [3.8, 4) is 11.3 Å². The summed E-state index contributed by atoms with van der Waals surface area (Å²) in [4.78, 5) is 30.4. The Morgan fingerprint density at radius 1 is 1.00 bits per heavy atom. The van der Waals surface area contributed by atoms with Gasteiger partial charge in [0, 0.05) is 17.4 Å². The number of pyridine rings is 1. The molecule has 0 radical (unpaired) electrons. The van der Waals surface area contributed by atoms with Crippen LogP contribution in [-0.4, -0.2) is 27.9 Å². The third kappa shape index (κ3) is 4.39. The maximum Gasteiger partial charge on any atom is 0.338 e. The van der Waals surface area contributed by atoms with Gasteiger partial charge in [-0.05, 0) is 50.1 Å².